The Kier molecular flexibility index (Phi) is 5.20. The molecule has 1 aliphatic carbocycles. The average Bonchev–Trinajstić information content (AvgIpc) is 2.66. The third kappa shape index (κ3) is 4.48. The van der Waals surface area contributed by atoms with Crippen LogP contribution >= 0.6 is 0 Å². The Balaban J connectivity index is 1.93. The molecule has 0 saturated heterocycles. The fourth-order valence-electron chi connectivity index (χ4n) is 2.76. The summed E-state index contributed by atoms with van der Waals surface area (Å²) in [6, 6.07) is 4.83. The van der Waals surface area contributed by atoms with Crippen molar-refractivity contribution in [2.75, 3.05) is 5.32 Å². The van der Waals surface area contributed by atoms with Crippen molar-refractivity contribution in [1.82, 2.24) is 5.32 Å². The first-order valence-electron chi connectivity index (χ1n) is 7.48. The minimum atomic E-state index is -0.957. The van der Waals surface area contributed by atoms with E-state index in [1.807, 2.05) is 0 Å². The lowest BCUT2D eigenvalue weighted by Crippen LogP contribution is -2.37. The highest BCUT2D eigenvalue weighted by atomic mass is 16.4. The van der Waals surface area contributed by atoms with E-state index in [1.165, 1.54) is 18.9 Å². The Morgan fingerprint density at radius 2 is 1.81 bits per heavy atom. The zero-order chi connectivity index (χ0) is 15.2. The van der Waals surface area contributed by atoms with Crippen LogP contribution in [-0.4, -0.2) is 23.1 Å². The van der Waals surface area contributed by atoms with Crippen LogP contribution in [0.4, 0.5) is 10.5 Å². The van der Waals surface area contributed by atoms with Crippen LogP contribution in [0, 0.1) is 6.92 Å². The third-order valence-electron chi connectivity index (χ3n) is 3.91. The second-order valence-corrected chi connectivity index (χ2v) is 5.62. The van der Waals surface area contributed by atoms with Crippen LogP contribution in [0.1, 0.15) is 54.4 Å². The first-order valence-corrected chi connectivity index (χ1v) is 7.48. The van der Waals surface area contributed by atoms with Gasteiger partial charge in [0, 0.05) is 11.7 Å². The van der Waals surface area contributed by atoms with Crippen LogP contribution in [0.25, 0.3) is 0 Å². The van der Waals surface area contributed by atoms with Gasteiger partial charge in [-0.3, -0.25) is 0 Å². The van der Waals surface area contributed by atoms with Crippen molar-refractivity contribution < 1.29 is 14.7 Å². The molecule has 3 N–H and O–H groups in total. The Hall–Kier alpha value is -2.04. The summed E-state index contributed by atoms with van der Waals surface area (Å²) in [6.45, 7) is 1.72. The van der Waals surface area contributed by atoms with E-state index in [2.05, 4.69) is 10.6 Å². The molecular weight excluding hydrogens is 268 g/mol. The van der Waals surface area contributed by atoms with Crippen molar-refractivity contribution >= 4 is 17.7 Å². The summed E-state index contributed by atoms with van der Waals surface area (Å²) in [5, 5.41) is 14.8. The number of carboxylic acid groups (broad SMARTS) is 1. The minimum absolute atomic E-state index is 0.218. The van der Waals surface area contributed by atoms with Gasteiger partial charge in [0.1, 0.15) is 0 Å². The number of carbonyl (C=O) groups excluding carboxylic acids is 1. The first kappa shape index (κ1) is 15.4. The molecule has 0 unspecified atom stereocenters. The van der Waals surface area contributed by atoms with Crippen molar-refractivity contribution in [2.24, 2.45) is 0 Å². The number of amides is 2. The fraction of sp³-hybridized carbons (Fsp3) is 0.500. The minimum Gasteiger partial charge on any atom is -0.478 e. The van der Waals surface area contributed by atoms with Crippen LogP contribution in [0.3, 0.4) is 0 Å². The van der Waals surface area contributed by atoms with Gasteiger partial charge in [0.05, 0.1) is 5.56 Å². The SMILES string of the molecule is Cc1cc(NC(=O)NC2CCCCCC2)ccc1C(=O)O. The number of aromatic carboxylic acids is 1. The lowest BCUT2D eigenvalue weighted by Gasteiger charge is -2.17. The van der Waals surface area contributed by atoms with Gasteiger partial charge in [-0.25, -0.2) is 9.59 Å². The first-order chi connectivity index (χ1) is 10.1. The quantitative estimate of drug-likeness (QED) is 0.745. The molecule has 1 aromatic rings. The highest BCUT2D eigenvalue weighted by Crippen LogP contribution is 2.18. The Morgan fingerprint density at radius 1 is 1.14 bits per heavy atom. The van der Waals surface area contributed by atoms with Gasteiger partial charge < -0.3 is 15.7 Å². The topological polar surface area (TPSA) is 78.4 Å². The standard InChI is InChI=1S/C16H22N2O3/c1-11-10-13(8-9-14(11)15(19)20)18-16(21)17-12-6-4-2-3-5-7-12/h8-10,12H,2-7H2,1H3,(H,19,20)(H2,17,18,21). The molecule has 1 aromatic carbocycles. The summed E-state index contributed by atoms with van der Waals surface area (Å²) in [6.07, 6.45) is 6.88. The Labute approximate surface area is 124 Å². The molecule has 1 saturated carbocycles. The van der Waals surface area contributed by atoms with Crippen molar-refractivity contribution in [3.63, 3.8) is 0 Å². The molecule has 21 heavy (non-hydrogen) atoms. The molecule has 1 fully saturated rings. The zero-order valence-electron chi connectivity index (χ0n) is 12.3. The van der Waals surface area contributed by atoms with Gasteiger partial charge in [-0.2, -0.15) is 0 Å². The second-order valence-electron chi connectivity index (χ2n) is 5.62. The van der Waals surface area contributed by atoms with E-state index in [0.717, 1.165) is 25.7 Å². The molecule has 0 aromatic heterocycles. The maximum atomic E-state index is 12.0. The number of carboxylic acids is 1. The molecule has 0 atom stereocenters. The normalized spacial score (nSPS) is 16.0. The largest absolute Gasteiger partial charge is 0.478 e. The van der Waals surface area contributed by atoms with Gasteiger partial charge in [0.25, 0.3) is 0 Å². The van der Waals surface area contributed by atoms with E-state index < -0.39 is 5.97 Å². The summed E-state index contributed by atoms with van der Waals surface area (Å²) in [5.74, 6) is -0.957. The molecule has 1 aliphatic rings. The summed E-state index contributed by atoms with van der Waals surface area (Å²) in [4.78, 5) is 22.9. The number of urea groups is 1. The summed E-state index contributed by atoms with van der Waals surface area (Å²) in [5.41, 5.74) is 1.50. The number of nitrogens with one attached hydrogen (secondary N) is 2. The van der Waals surface area contributed by atoms with Crippen molar-refractivity contribution in [1.29, 1.82) is 0 Å². The molecular formula is C16H22N2O3. The smallest absolute Gasteiger partial charge is 0.335 e. The van der Waals surface area contributed by atoms with Crippen LogP contribution in [0.15, 0.2) is 18.2 Å². The Bertz CT molecular complexity index is 520. The Morgan fingerprint density at radius 3 is 2.38 bits per heavy atom. The van der Waals surface area contributed by atoms with Gasteiger partial charge >= 0.3 is 12.0 Å². The number of rotatable bonds is 3. The molecule has 2 amide bonds. The summed E-state index contributed by atoms with van der Waals surface area (Å²) < 4.78 is 0. The van der Waals surface area contributed by atoms with Crippen molar-refractivity contribution in [3.8, 4) is 0 Å². The maximum absolute atomic E-state index is 12.0. The van der Waals surface area contributed by atoms with E-state index >= 15 is 0 Å². The molecule has 0 radical (unpaired) electrons. The van der Waals surface area contributed by atoms with Crippen LogP contribution in [0.5, 0.6) is 0 Å². The van der Waals surface area contributed by atoms with Gasteiger partial charge in [0.15, 0.2) is 0 Å². The van der Waals surface area contributed by atoms with E-state index in [4.69, 9.17) is 5.11 Å². The number of hydrogen-bond acceptors (Lipinski definition) is 2. The number of hydrogen-bond donors (Lipinski definition) is 3. The van der Waals surface area contributed by atoms with Gasteiger partial charge in [-0.15, -0.1) is 0 Å². The average molecular weight is 290 g/mol. The summed E-state index contributed by atoms with van der Waals surface area (Å²) >= 11 is 0. The highest BCUT2D eigenvalue weighted by molar-refractivity contribution is 5.92. The van der Waals surface area contributed by atoms with Gasteiger partial charge in [0.2, 0.25) is 0 Å². The lowest BCUT2D eigenvalue weighted by molar-refractivity contribution is 0.0696. The summed E-state index contributed by atoms with van der Waals surface area (Å²) in [7, 11) is 0. The molecule has 0 bridgehead atoms. The molecule has 114 valence electrons. The van der Waals surface area contributed by atoms with Crippen molar-refractivity contribution in [2.45, 2.75) is 51.5 Å². The third-order valence-corrected chi connectivity index (χ3v) is 3.91. The zero-order valence-corrected chi connectivity index (χ0v) is 12.3. The molecule has 2 rings (SSSR count). The van der Waals surface area contributed by atoms with Crippen LogP contribution in [-0.2, 0) is 0 Å². The van der Waals surface area contributed by atoms with Gasteiger partial charge in [-0.05, 0) is 43.5 Å². The molecule has 5 nitrogen and oxygen atoms in total. The predicted octanol–water partition coefficient (Wildman–Crippen LogP) is 3.54. The number of carbonyl (C=O) groups is 2. The molecule has 0 aliphatic heterocycles. The maximum Gasteiger partial charge on any atom is 0.335 e. The monoisotopic (exact) mass is 290 g/mol. The molecule has 0 spiro atoms. The molecule has 0 heterocycles. The number of aryl methyl sites for hydroxylation is 1. The van der Waals surface area contributed by atoms with E-state index in [-0.39, 0.29) is 17.6 Å². The number of benzene rings is 1. The van der Waals surface area contributed by atoms with Crippen LogP contribution in [0.2, 0.25) is 0 Å². The van der Waals surface area contributed by atoms with Gasteiger partial charge in [-0.1, -0.05) is 25.7 Å². The van der Waals surface area contributed by atoms with E-state index in [9.17, 15) is 9.59 Å². The predicted molar refractivity (Wildman–Crippen MR) is 81.8 cm³/mol. The second kappa shape index (κ2) is 7.11. The lowest BCUT2D eigenvalue weighted by atomic mass is 10.1. The molecule has 5 heteroatoms. The van der Waals surface area contributed by atoms with E-state index in [1.54, 1.807) is 19.1 Å². The van der Waals surface area contributed by atoms with Crippen LogP contribution < -0.4 is 10.6 Å². The number of anilines is 1. The fourth-order valence-corrected chi connectivity index (χ4v) is 2.76. The highest BCUT2D eigenvalue weighted by Gasteiger charge is 2.15. The van der Waals surface area contributed by atoms with Crippen molar-refractivity contribution in [3.05, 3.63) is 29.3 Å². The van der Waals surface area contributed by atoms with E-state index in [0.29, 0.717) is 11.3 Å².